The third kappa shape index (κ3) is 4.81. The molecule has 0 spiro atoms. The first-order valence-electron chi connectivity index (χ1n) is 9.44. The number of benzene rings is 2. The van der Waals surface area contributed by atoms with E-state index in [9.17, 15) is 9.18 Å². The summed E-state index contributed by atoms with van der Waals surface area (Å²) in [5, 5.41) is 0.678. The molecule has 1 aliphatic heterocycles. The van der Waals surface area contributed by atoms with E-state index in [0.717, 1.165) is 22.4 Å². The molecule has 0 bridgehead atoms. The molecule has 1 atom stereocenters. The Kier molecular flexibility index (Phi) is 5.88. The Morgan fingerprint density at radius 1 is 1.14 bits per heavy atom. The number of carbonyl (C=O) groups excluding carboxylic acids is 1. The first-order valence-corrected chi connectivity index (χ1v) is 9.82. The van der Waals surface area contributed by atoms with Crippen molar-refractivity contribution in [2.45, 2.75) is 12.5 Å². The predicted molar refractivity (Wildman–Crippen MR) is 110 cm³/mol. The van der Waals surface area contributed by atoms with Gasteiger partial charge in [0.25, 0.3) is 0 Å². The van der Waals surface area contributed by atoms with E-state index < -0.39 is 0 Å². The molecule has 29 heavy (non-hydrogen) atoms. The Morgan fingerprint density at radius 3 is 2.69 bits per heavy atom. The molecule has 1 fully saturated rings. The van der Waals surface area contributed by atoms with Crippen LogP contribution in [-0.2, 0) is 16.0 Å². The Hall–Kier alpha value is -2.76. The van der Waals surface area contributed by atoms with Crippen molar-refractivity contribution in [3.63, 3.8) is 0 Å². The van der Waals surface area contributed by atoms with E-state index >= 15 is 0 Å². The molecule has 1 aliphatic rings. The van der Waals surface area contributed by atoms with Crippen molar-refractivity contribution in [2.24, 2.45) is 0 Å². The van der Waals surface area contributed by atoms with Gasteiger partial charge in [-0.25, -0.2) is 4.39 Å². The summed E-state index contributed by atoms with van der Waals surface area (Å²) < 4.78 is 18.9. The number of morpholine rings is 1. The van der Waals surface area contributed by atoms with Gasteiger partial charge < -0.3 is 9.64 Å². The van der Waals surface area contributed by atoms with Gasteiger partial charge in [0, 0.05) is 23.3 Å². The molecule has 1 amide bonds. The standard InChI is InChI=1S/C23H20ClFN2O2/c24-19-3-1-2-17(13-19)18-6-9-21(26-14-18)22-15-27(10-11-29-22)23(28)12-16-4-7-20(25)8-5-16/h1-9,13-14,22H,10-12,15H2. The minimum Gasteiger partial charge on any atom is -0.368 e. The number of ether oxygens (including phenoxy) is 1. The van der Waals surface area contributed by atoms with E-state index in [4.69, 9.17) is 16.3 Å². The third-order valence-corrected chi connectivity index (χ3v) is 5.20. The summed E-state index contributed by atoms with van der Waals surface area (Å²) in [5.41, 5.74) is 3.55. The van der Waals surface area contributed by atoms with E-state index in [0.29, 0.717) is 24.7 Å². The highest BCUT2D eigenvalue weighted by Gasteiger charge is 2.26. The van der Waals surface area contributed by atoms with Crippen LogP contribution in [0.5, 0.6) is 0 Å². The van der Waals surface area contributed by atoms with Gasteiger partial charge in [0.05, 0.1) is 25.3 Å². The molecule has 0 aliphatic carbocycles. The van der Waals surface area contributed by atoms with Crippen LogP contribution in [0.2, 0.25) is 5.02 Å². The highest BCUT2D eigenvalue weighted by molar-refractivity contribution is 6.30. The fourth-order valence-electron chi connectivity index (χ4n) is 3.38. The number of nitrogens with zero attached hydrogens (tertiary/aromatic N) is 2. The molecule has 4 rings (SSSR count). The number of aromatic nitrogens is 1. The van der Waals surface area contributed by atoms with Crippen molar-refractivity contribution in [3.8, 4) is 11.1 Å². The number of amides is 1. The van der Waals surface area contributed by atoms with Crippen LogP contribution in [-0.4, -0.2) is 35.5 Å². The van der Waals surface area contributed by atoms with Gasteiger partial charge in [-0.3, -0.25) is 9.78 Å². The third-order valence-electron chi connectivity index (χ3n) is 4.96. The molecular weight excluding hydrogens is 391 g/mol. The summed E-state index contributed by atoms with van der Waals surface area (Å²) in [6.45, 7) is 1.44. The average molecular weight is 411 g/mol. The van der Waals surface area contributed by atoms with Gasteiger partial charge in [-0.05, 0) is 41.5 Å². The molecule has 0 N–H and O–H groups in total. The maximum Gasteiger partial charge on any atom is 0.227 e. The topological polar surface area (TPSA) is 42.4 Å². The average Bonchev–Trinajstić information content (AvgIpc) is 2.75. The minimum absolute atomic E-state index is 0.000422. The zero-order chi connectivity index (χ0) is 20.2. The first kappa shape index (κ1) is 19.6. The van der Waals surface area contributed by atoms with Gasteiger partial charge in [0.2, 0.25) is 5.91 Å². The van der Waals surface area contributed by atoms with Gasteiger partial charge >= 0.3 is 0 Å². The SMILES string of the molecule is O=C(Cc1ccc(F)cc1)N1CCOC(c2ccc(-c3cccc(Cl)c3)cn2)C1. The number of pyridine rings is 1. The number of hydrogen-bond acceptors (Lipinski definition) is 3. The summed E-state index contributed by atoms with van der Waals surface area (Å²) in [7, 11) is 0. The van der Waals surface area contributed by atoms with Gasteiger partial charge in [0.1, 0.15) is 11.9 Å². The molecule has 4 nitrogen and oxygen atoms in total. The number of hydrogen-bond donors (Lipinski definition) is 0. The van der Waals surface area contributed by atoms with Crippen LogP contribution >= 0.6 is 11.6 Å². The Bertz CT molecular complexity index is 993. The van der Waals surface area contributed by atoms with E-state index in [-0.39, 0.29) is 24.2 Å². The first-order chi connectivity index (χ1) is 14.1. The van der Waals surface area contributed by atoms with Crippen LogP contribution in [0.3, 0.4) is 0 Å². The fraction of sp³-hybridized carbons (Fsp3) is 0.217. The molecule has 0 radical (unpaired) electrons. The molecule has 2 aromatic carbocycles. The fourth-order valence-corrected chi connectivity index (χ4v) is 3.57. The molecule has 6 heteroatoms. The van der Waals surface area contributed by atoms with E-state index in [2.05, 4.69) is 4.98 Å². The summed E-state index contributed by atoms with van der Waals surface area (Å²) in [6, 6.07) is 17.5. The lowest BCUT2D eigenvalue weighted by Gasteiger charge is -2.32. The quantitative estimate of drug-likeness (QED) is 0.627. The van der Waals surface area contributed by atoms with Gasteiger partial charge in [-0.15, -0.1) is 0 Å². The van der Waals surface area contributed by atoms with Crippen LogP contribution in [0.1, 0.15) is 17.4 Å². The lowest BCUT2D eigenvalue weighted by Crippen LogP contribution is -2.43. The second-order valence-corrected chi connectivity index (χ2v) is 7.42. The van der Waals surface area contributed by atoms with E-state index in [1.165, 1.54) is 12.1 Å². The minimum atomic E-state index is -0.306. The molecule has 1 aromatic heterocycles. The zero-order valence-corrected chi connectivity index (χ0v) is 16.5. The Balaban J connectivity index is 1.42. The van der Waals surface area contributed by atoms with Crippen molar-refractivity contribution in [3.05, 3.63) is 89.0 Å². The van der Waals surface area contributed by atoms with Crippen LogP contribution < -0.4 is 0 Å². The van der Waals surface area contributed by atoms with Crippen LogP contribution in [0.25, 0.3) is 11.1 Å². The van der Waals surface area contributed by atoms with Crippen LogP contribution in [0, 0.1) is 5.82 Å². The van der Waals surface area contributed by atoms with Crippen molar-refractivity contribution in [1.82, 2.24) is 9.88 Å². The predicted octanol–water partition coefficient (Wildman–Crippen LogP) is 4.68. The molecular formula is C23H20ClFN2O2. The number of carbonyl (C=O) groups is 1. The van der Waals surface area contributed by atoms with Crippen molar-refractivity contribution in [1.29, 1.82) is 0 Å². The largest absolute Gasteiger partial charge is 0.368 e. The number of halogens is 2. The second-order valence-electron chi connectivity index (χ2n) is 6.98. The highest BCUT2D eigenvalue weighted by Crippen LogP contribution is 2.25. The summed E-state index contributed by atoms with van der Waals surface area (Å²) in [6.07, 6.45) is 1.77. The zero-order valence-electron chi connectivity index (χ0n) is 15.7. The van der Waals surface area contributed by atoms with Gasteiger partial charge in [-0.2, -0.15) is 0 Å². The number of rotatable bonds is 4. The monoisotopic (exact) mass is 410 g/mol. The Morgan fingerprint density at radius 2 is 1.97 bits per heavy atom. The Labute approximate surface area is 173 Å². The summed E-state index contributed by atoms with van der Waals surface area (Å²) in [4.78, 5) is 19.0. The molecule has 148 valence electrons. The van der Waals surface area contributed by atoms with E-state index in [1.54, 1.807) is 23.2 Å². The normalized spacial score (nSPS) is 16.6. The lowest BCUT2D eigenvalue weighted by atomic mass is 10.1. The summed E-state index contributed by atoms with van der Waals surface area (Å²) >= 11 is 6.06. The van der Waals surface area contributed by atoms with Crippen molar-refractivity contribution >= 4 is 17.5 Å². The van der Waals surface area contributed by atoms with Crippen molar-refractivity contribution in [2.75, 3.05) is 19.7 Å². The summed E-state index contributed by atoms with van der Waals surface area (Å²) in [5.74, 6) is -0.305. The van der Waals surface area contributed by atoms with Gasteiger partial charge in [0.15, 0.2) is 0 Å². The highest BCUT2D eigenvalue weighted by atomic mass is 35.5. The maximum atomic E-state index is 13.0. The van der Waals surface area contributed by atoms with Gasteiger partial charge in [-0.1, -0.05) is 41.9 Å². The van der Waals surface area contributed by atoms with Crippen LogP contribution in [0.15, 0.2) is 66.9 Å². The van der Waals surface area contributed by atoms with E-state index in [1.807, 2.05) is 36.4 Å². The molecule has 0 saturated carbocycles. The molecule has 3 aromatic rings. The van der Waals surface area contributed by atoms with Crippen LogP contribution in [0.4, 0.5) is 4.39 Å². The maximum absolute atomic E-state index is 13.0. The smallest absolute Gasteiger partial charge is 0.227 e. The second kappa shape index (κ2) is 8.72. The molecule has 1 unspecified atom stereocenters. The lowest BCUT2D eigenvalue weighted by molar-refractivity contribution is -0.138. The molecule has 1 saturated heterocycles. The molecule has 2 heterocycles. The van der Waals surface area contributed by atoms with Crippen molar-refractivity contribution < 1.29 is 13.9 Å².